The molecule has 0 aliphatic carbocycles. The standard InChI is InChI=1S/C39H73N6O7P/c1-5-6-7-8-9-10-11-12-13-14-15-16-17-18-19-22-35(46)27-32(4)38(48)42-36(23-20-21-24-40)37(47)29-33(39(49)41-31(2)3)28-34-30-45(44-43-34)25-26-53(50,51)52/h30-33,36H,5-29,40H2,1-4H3,(H,41,49)(H,42,48)(H2,50,51,52)/t32-,33-,36+/m1/s1. The van der Waals surface area contributed by atoms with Crippen LogP contribution in [-0.2, 0) is 36.7 Å². The van der Waals surface area contributed by atoms with Crippen molar-refractivity contribution in [2.45, 2.75) is 188 Å². The van der Waals surface area contributed by atoms with Crippen molar-refractivity contribution < 1.29 is 33.5 Å². The maximum Gasteiger partial charge on any atom is 0.327 e. The van der Waals surface area contributed by atoms with E-state index in [0.29, 0.717) is 37.9 Å². The molecular formula is C39H73N6O7P. The summed E-state index contributed by atoms with van der Waals surface area (Å²) in [6.45, 7) is 7.98. The maximum absolute atomic E-state index is 13.7. The molecule has 1 heterocycles. The van der Waals surface area contributed by atoms with Crippen LogP contribution in [0.2, 0.25) is 0 Å². The summed E-state index contributed by atoms with van der Waals surface area (Å²) in [5, 5.41) is 13.7. The number of hydrogen-bond acceptors (Lipinski definition) is 8. The zero-order chi connectivity index (χ0) is 39.5. The Bertz CT molecular complexity index is 1220. The van der Waals surface area contributed by atoms with Crippen molar-refractivity contribution >= 4 is 31.0 Å². The van der Waals surface area contributed by atoms with Crippen molar-refractivity contribution in [2.24, 2.45) is 17.6 Å². The second-order valence-corrected chi connectivity index (χ2v) is 17.1. The van der Waals surface area contributed by atoms with Crippen LogP contribution in [0.1, 0.15) is 168 Å². The molecule has 1 rings (SSSR count). The van der Waals surface area contributed by atoms with Crippen LogP contribution in [0.5, 0.6) is 0 Å². The number of rotatable bonds is 34. The number of unbranched alkanes of at least 4 members (excludes halogenated alkanes) is 15. The molecule has 0 aliphatic rings. The van der Waals surface area contributed by atoms with Crippen molar-refractivity contribution in [1.82, 2.24) is 25.6 Å². The van der Waals surface area contributed by atoms with Gasteiger partial charge in [0.15, 0.2) is 5.78 Å². The van der Waals surface area contributed by atoms with Gasteiger partial charge in [0, 0.05) is 43.8 Å². The molecule has 3 atom stereocenters. The number of nitrogens with one attached hydrogen (secondary N) is 2. The summed E-state index contributed by atoms with van der Waals surface area (Å²) in [7, 11) is -4.23. The number of aromatic nitrogens is 3. The molecule has 0 saturated carbocycles. The summed E-state index contributed by atoms with van der Waals surface area (Å²) in [5.41, 5.74) is 6.09. The lowest BCUT2D eigenvalue weighted by Gasteiger charge is -2.23. The van der Waals surface area contributed by atoms with E-state index < -0.39 is 31.6 Å². The van der Waals surface area contributed by atoms with Crippen LogP contribution in [0, 0.1) is 11.8 Å². The van der Waals surface area contributed by atoms with Crippen LogP contribution >= 0.6 is 7.60 Å². The second kappa shape index (κ2) is 28.9. The van der Waals surface area contributed by atoms with Crippen molar-refractivity contribution in [1.29, 1.82) is 0 Å². The van der Waals surface area contributed by atoms with Crippen LogP contribution in [0.3, 0.4) is 0 Å². The number of hydrogen-bond donors (Lipinski definition) is 5. The molecular weight excluding hydrogens is 695 g/mol. The minimum atomic E-state index is -4.23. The van der Waals surface area contributed by atoms with Crippen LogP contribution in [-0.4, -0.2) is 73.0 Å². The minimum absolute atomic E-state index is 0.0471. The maximum atomic E-state index is 13.7. The second-order valence-electron chi connectivity index (χ2n) is 15.3. The zero-order valence-corrected chi connectivity index (χ0v) is 34.3. The summed E-state index contributed by atoms with van der Waals surface area (Å²) in [6, 6.07) is -1.01. The largest absolute Gasteiger partial charge is 0.354 e. The average molecular weight is 769 g/mol. The number of carbonyl (C=O) groups is 4. The molecule has 1 aromatic rings. The molecule has 2 amide bonds. The third kappa shape index (κ3) is 25.3. The van der Waals surface area contributed by atoms with E-state index in [2.05, 4.69) is 27.9 Å². The minimum Gasteiger partial charge on any atom is -0.354 e. The van der Waals surface area contributed by atoms with Crippen molar-refractivity contribution in [3.05, 3.63) is 11.9 Å². The first-order valence-electron chi connectivity index (χ1n) is 20.5. The van der Waals surface area contributed by atoms with Crippen molar-refractivity contribution in [2.75, 3.05) is 12.7 Å². The van der Waals surface area contributed by atoms with E-state index in [-0.39, 0.29) is 55.2 Å². The van der Waals surface area contributed by atoms with Crippen molar-refractivity contribution in [3.8, 4) is 0 Å². The van der Waals surface area contributed by atoms with Gasteiger partial charge in [-0.3, -0.25) is 28.4 Å². The lowest BCUT2D eigenvalue weighted by atomic mass is 9.91. The molecule has 0 spiro atoms. The quantitative estimate of drug-likeness (QED) is 0.0377. The SMILES string of the molecule is CCCCCCCCCCCCCCCCCC(=O)C[C@@H](C)C(=O)N[C@@H](CCCCN)C(=O)C[C@@H](Cc1cn(CCP(=O)(O)O)nn1)C(=O)NC(C)C. The van der Waals surface area contributed by atoms with Gasteiger partial charge in [0.1, 0.15) is 5.78 Å². The summed E-state index contributed by atoms with van der Waals surface area (Å²) in [5.74, 6) is -2.36. The molecule has 0 aromatic carbocycles. The molecule has 0 aliphatic heterocycles. The highest BCUT2D eigenvalue weighted by Gasteiger charge is 2.30. The Labute approximate surface area is 319 Å². The molecule has 306 valence electrons. The number of nitrogens with zero attached hydrogens (tertiary/aromatic N) is 3. The van der Waals surface area contributed by atoms with Gasteiger partial charge < -0.3 is 26.2 Å². The summed E-state index contributed by atoms with van der Waals surface area (Å²) in [6.07, 6.45) is 22.1. The lowest BCUT2D eigenvalue weighted by molar-refractivity contribution is -0.134. The van der Waals surface area contributed by atoms with Gasteiger partial charge in [-0.1, -0.05) is 109 Å². The van der Waals surface area contributed by atoms with E-state index in [0.717, 1.165) is 19.3 Å². The van der Waals surface area contributed by atoms with Crippen LogP contribution in [0.25, 0.3) is 0 Å². The molecule has 6 N–H and O–H groups in total. The van der Waals surface area contributed by atoms with Crippen LogP contribution < -0.4 is 16.4 Å². The summed E-state index contributed by atoms with van der Waals surface area (Å²) >= 11 is 0. The van der Waals surface area contributed by atoms with E-state index in [9.17, 15) is 33.5 Å². The molecule has 14 heteroatoms. The average Bonchev–Trinajstić information content (AvgIpc) is 3.55. The predicted molar refractivity (Wildman–Crippen MR) is 210 cm³/mol. The number of ketones is 2. The fraction of sp³-hybridized carbons (Fsp3) is 0.846. The van der Waals surface area contributed by atoms with Crippen LogP contribution in [0.4, 0.5) is 0 Å². The molecule has 1 aromatic heterocycles. The zero-order valence-electron chi connectivity index (χ0n) is 33.4. The molecule has 0 saturated heterocycles. The number of Topliss-reactive ketones (excluding diaryl/α,β-unsaturated/α-hetero) is 2. The Morgan fingerprint density at radius 3 is 1.89 bits per heavy atom. The normalized spacial score (nSPS) is 13.5. The monoisotopic (exact) mass is 769 g/mol. The Morgan fingerprint density at radius 2 is 1.36 bits per heavy atom. The first-order chi connectivity index (χ1) is 25.2. The summed E-state index contributed by atoms with van der Waals surface area (Å²) in [4.78, 5) is 71.2. The van der Waals surface area contributed by atoms with E-state index in [1.54, 1.807) is 6.92 Å². The third-order valence-electron chi connectivity index (χ3n) is 9.60. The highest BCUT2D eigenvalue weighted by Crippen LogP contribution is 2.34. The highest BCUT2D eigenvalue weighted by atomic mass is 31.2. The highest BCUT2D eigenvalue weighted by molar-refractivity contribution is 7.51. The predicted octanol–water partition coefficient (Wildman–Crippen LogP) is 6.57. The van der Waals surface area contributed by atoms with Gasteiger partial charge in [-0.15, -0.1) is 5.10 Å². The molecule has 0 unspecified atom stereocenters. The Balaban J connectivity index is 2.57. The van der Waals surface area contributed by atoms with Gasteiger partial charge >= 0.3 is 7.60 Å². The van der Waals surface area contributed by atoms with Gasteiger partial charge in [0.05, 0.1) is 30.4 Å². The van der Waals surface area contributed by atoms with E-state index >= 15 is 0 Å². The van der Waals surface area contributed by atoms with E-state index in [1.807, 2.05) is 13.8 Å². The molecule has 0 fully saturated rings. The van der Waals surface area contributed by atoms with E-state index in [1.165, 1.54) is 87.9 Å². The smallest absolute Gasteiger partial charge is 0.327 e. The number of carbonyl (C=O) groups excluding carboxylic acids is 4. The van der Waals surface area contributed by atoms with E-state index in [4.69, 9.17) is 5.73 Å². The lowest BCUT2D eigenvalue weighted by Crippen LogP contribution is -2.45. The number of amides is 2. The first kappa shape index (κ1) is 48.5. The topological polar surface area (TPSA) is 207 Å². The van der Waals surface area contributed by atoms with Gasteiger partial charge in [-0.2, -0.15) is 0 Å². The van der Waals surface area contributed by atoms with Crippen LogP contribution in [0.15, 0.2) is 6.20 Å². The molecule has 13 nitrogen and oxygen atoms in total. The van der Waals surface area contributed by atoms with Gasteiger partial charge in [0.25, 0.3) is 0 Å². The number of aryl methyl sites for hydroxylation is 1. The Hall–Kier alpha value is -2.47. The molecule has 0 bridgehead atoms. The van der Waals surface area contributed by atoms with Gasteiger partial charge in [-0.05, 0) is 46.1 Å². The number of nitrogens with two attached hydrogens (primary N) is 1. The van der Waals surface area contributed by atoms with Gasteiger partial charge in [0.2, 0.25) is 11.8 Å². The Kier molecular flexibility index (Phi) is 26.5. The van der Waals surface area contributed by atoms with Gasteiger partial charge in [-0.25, -0.2) is 0 Å². The molecule has 0 radical (unpaired) electrons. The summed E-state index contributed by atoms with van der Waals surface area (Å²) < 4.78 is 12.6. The third-order valence-corrected chi connectivity index (χ3v) is 10.4. The Morgan fingerprint density at radius 1 is 0.792 bits per heavy atom. The van der Waals surface area contributed by atoms with Crippen molar-refractivity contribution in [3.63, 3.8) is 0 Å². The fourth-order valence-corrected chi connectivity index (χ4v) is 6.89. The fourth-order valence-electron chi connectivity index (χ4n) is 6.42. The molecule has 53 heavy (non-hydrogen) atoms. The first-order valence-corrected chi connectivity index (χ1v) is 22.3.